The van der Waals surface area contributed by atoms with Crippen LogP contribution in [-0.2, 0) is 19.1 Å². The van der Waals surface area contributed by atoms with E-state index in [1.807, 2.05) is 0 Å². The van der Waals surface area contributed by atoms with Crippen LogP contribution < -0.4 is 19.5 Å². The first-order valence-electron chi connectivity index (χ1n) is 9.68. The van der Waals surface area contributed by atoms with Gasteiger partial charge in [0.05, 0.1) is 25.7 Å². The molecular weight excluding hydrogens is 414 g/mol. The molecule has 0 bridgehead atoms. The van der Waals surface area contributed by atoms with Crippen molar-refractivity contribution in [1.82, 2.24) is 25.5 Å². The van der Waals surface area contributed by atoms with Crippen LogP contribution in [0.25, 0.3) is 0 Å². The Labute approximate surface area is 175 Å². The maximum absolute atomic E-state index is 12.0. The first kappa shape index (κ1) is 19.5. The van der Waals surface area contributed by atoms with Crippen LogP contribution in [-0.4, -0.2) is 75.4 Å². The zero-order chi connectivity index (χ0) is 21.4. The van der Waals surface area contributed by atoms with Gasteiger partial charge in [0.1, 0.15) is 24.0 Å². The summed E-state index contributed by atoms with van der Waals surface area (Å²) in [5, 5.41) is 23.2. The number of tetrazole rings is 1. The lowest BCUT2D eigenvalue weighted by molar-refractivity contribution is -0.139. The quantitative estimate of drug-likeness (QED) is 0.600. The van der Waals surface area contributed by atoms with Crippen molar-refractivity contribution in [2.45, 2.75) is 37.1 Å². The van der Waals surface area contributed by atoms with Crippen LogP contribution in [0.15, 0.2) is 18.2 Å². The fraction of sp³-hybridized carbons (Fsp3) is 0.500. The minimum absolute atomic E-state index is 0.104. The lowest BCUT2D eigenvalue weighted by Gasteiger charge is -2.18. The molecule has 2 fully saturated rings. The maximum Gasteiger partial charge on any atom is 0.341 e. The molecule has 1 amide bonds. The minimum Gasteiger partial charge on any atom is -0.481 e. The van der Waals surface area contributed by atoms with Gasteiger partial charge in [-0.15, -0.1) is 0 Å². The van der Waals surface area contributed by atoms with E-state index in [4.69, 9.17) is 28.8 Å². The summed E-state index contributed by atoms with van der Waals surface area (Å²) in [7, 11) is 0. The van der Waals surface area contributed by atoms with E-state index >= 15 is 0 Å². The summed E-state index contributed by atoms with van der Waals surface area (Å²) < 4.78 is 29.7. The largest absolute Gasteiger partial charge is 0.481 e. The third kappa shape index (κ3) is 3.84. The summed E-state index contributed by atoms with van der Waals surface area (Å²) in [6.07, 6.45) is -1.14. The van der Waals surface area contributed by atoms with Gasteiger partial charge < -0.3 is 34.1 Å². The van der Waals surface area contributed by atoms with Gasteiger partial charge in [0.2, 0.25) is 12.7 Å². The van der Waals surface area contributed by atoms with Gasteiger partial charge >= 0.3 is 12.0 Å². The van der Waals surface area contributed by atoms with Gasteiger partial charge in [0, 0.05) is 12.5 Å². The van der Waals surface area contributed by atoms with Crippen LogP contribution in [0.1, 0.15) is 18.9 Å². The normalized spacial score (nSPS) is 25.9. The van der Waals surface area contributed by atoms with Crippen molar-refractivity contribution in [3.63, 3.8) is 0 Å². The van der Waals surface area contributed by atoms with Gasteiger partial charge in [-0.05, 0) is 22.6 Å². The number of benzene rings is 1. The number of nitrogens with zero attached hydrogens (tertiary/aromatic N) is 4. The lowest BCUT2D eigenvalue weighted by atomic mass is 10.1. The number of amides is 1. The molecule has 0 saturated carbocycles. The molecule has 1 aromatic heterocycles. The first-order valence-corrected chi connectivity index (χ1v) is 9.68. The van der Waals surface area contributed by atoms with Crippen molar-refractivity contribution in [3.05, 3.63) is 18.2 Å². The van der Waals surface area contributed by atoms with Gasteiger partial charge in [0.25, 0.3) is 0 Å². The number of aromatic nitrogens is 4. The Balaban J connectivity index is 1.25. The van der Waals surface area contributed by atoms with E-state index in [1.54, 1.807) is 18.2 Å². The molecular formula is C18H19N5O8. The Bertz CT molecular complexity index is 997. The molecule has 0 radical (unpaired) electrons. The summed E-state index contributed by atoms with van der Waals surface area (Å²) in [6.45, 7) is 0.662. The fourth-order valence-corrected chi connectivity index (χ4v) is 3.82. The predicted molar refractivity (Wildman–Crippen MR) is 97.8 cm³/mol. The molecule has 3 aliphatic rings. The molecule has 2 N–H and O–H groups in total. The first-order chi connectivity index (χ1) is 15.1. The third-order valence-electron chi connectivity index (χ3n) is 5.27. The Hall–Kier alpha value is -3.45. The molecule has 13 heteroatoms. The monoisotopic (exact) mass is 433 g/mol. The van der Waals surface area contributed by atoms with Crippen LogP contribution in [0, 0.1) is 0 Å². The molecule has 0 unspecified atom stereocenters. The van der Waals surface area contributed by atoms with Crippen molar-refractivity contribution in [1.29, 1.82) is 0 Å². The van der Waals surface area contributed by atoms with E-state index in [1.165, 1.54) is 4.68 Å². The van der Waals surface area contributed by atoms with Crippen molar-refractivity contribution in [3.8, 4) is 23.3 Å². The smallest absolute Gasteiger partial charge is 0.341 e. The van der Waals surface area contributed by atoms with Crippen molar-refractivity contribution in [2.24, 2.45) is 0 Å². The molecule has 13 nitrogen and oxygen atoms in total. The lowest BCUT2D eigenvalue weighted by Crippen LogP contribution is -2.44. The number of ether oxygens (including phenoxy) is 5. The molecule has 31 heavy (non-hydrogen) atoms. The predicted octanol–water partition coefficient (Wildman–Crippen LogP) is -0.118. The average Bonchev–Trinajstić information content (AvgIpc) is 3.52. The second-order valence-corrected chi connectivity index (χ2v) is 7.25. The number of hydrogen-bond donors (Lipinski definition) is 2. The van der Waals surface area contributed by atoms with Crippen molar-refractivity contribution >= 4 is 11.9 Å². The van der Waals surface area contributed by atoms with Crippen LogP contribution in [0.3, 0.4) is 0 Å². The summed E-state index contributed by atoms with van der Waals surface area (Å²) in [4.78, 5) is 22.6. The van der Waals surface area contributed by atoms with E-state index in [-0.39, 0.29) is 56.8 Å². The average molecular weight is 433 g/mol. The highest BCUT2D eigenvalue weighted by Crippen LogP contribution is 2.38. The van der Waals surface area contributed by atoms with E-state index < -0.39 is 18.2 Å². The van der Waals surface area contributed by atoms with Gasteiger partial charge in [-0.2, -0.15) is 4.68 Å². The van der Waals surface area contributed by atoms with Gasteiger partial charge in [-0.1, -0.05) is 5.10 Å². The number of hydrogen-bond acceptors (Lipinski definition) is 10. The molecule has 0 aliphatic carbocycles. The Morgan fingerprint density at radius 3 is 2.87 bits per heavy atom. The Morgan fingerprint density at radius 1 is 1.16 bits per heavy atom. The summed E-state index contributed by atoms with van der Waals surface area (Å²) in [5.74, 6) is 0.294. The molecule has 2 saturated heterocycles. The summed E-state index contributed by atoms with van der Waals surface area (Å²) in [5.41, 5.74) is 0. The van der Waals surface area contributed by atoms with Crippen LogP contribution in [0.4, 0.5) is 0 Å². The van der Waals surface area contributed by atoms with Crippen LogP contribution in [0.2, 0.25) is 0 Å². The Kier molecular flexibility index (Phi) is 5.03. The zero-order valence-corrected chi connectivity index (χ0v) is 16.2. The van der Waals surface area contributed by atoms with Crippen LogP contribution in [0.5, 0.6) is 23.3 Å². The molecule has 3 aliphatic heterocycles. The van der Waals surface area contributed by atoms with E-state index in [0.717, 1.165) is 0 Å². The molecule has 5 rings (SSSR count). The second kappa shape index (κ2) is 8.00. The molecule has 4 atom stereocenters. The highest BCUT2D eigenvalue weighted by atomic mass is 16.7. The SMILES string of the molecule is O=C(O)CCC(=O)N[C@H]1CO[C@H]2[C@H]1OC[C@H]2n1nnnc1Oc1ccc2c(c1)OCO2. The molecule has 164 valence electrons. The van der Waals surface area contributed by atoms with Gasteiger partial charge in [0.15, 0.2) is 11.5 Å². The number of carboxylic acid groups (broad SMARTS) is 1. The summed E-state index contributed by atoms with van der Waals surface area (Å²) in [6, 6.07) is 4.55. The van der Waals surface area contributed by atoms with Gasteiger partial charge in [-0.3, -0.25) is 9.59 Å². The van der Waals surface area contributed by atoms with E-state index in [9.17, 15) is 9.59 Å². The standard InChI is InChI=1S/C18H19N5O8/c24-14(3-4-15(25)26)19-10-6-27-17-11(7-28-16(10)17)23-18(20-21-22-23)31-9-1-2-12-13(5-9)30-8-29-12/h1-2,5,10-11,16-17H,3-4,6-8H2,(H,19,24)(H,25,26)/t10-,11+,16-,17+/m0/s1. The van der Waals surface area contributed by atoms with Crippen LogP contribution >= 0.6 is 0 Å². The maximum atomic E-state index is 12.0. The highest BCUT2D eigenvalue weighted by Gasteiger charge is 2.50. The summed E-state index contributed by atoms with van der Waals surface area (Å²) >= 11 is 0. The van der Waals surface area contributed by atoms with Crippen molar-refractivity contribution < 1.29 is 38.4 Å². The van der Waals surface area contributed by atoms with Crippen molar-refractivity contribution in [2.75, 3.05) is 20.0 Å². The van der Waals surface area contributed by atoms with E-state index in [2.05, 4.69) is 20.8 Å². The molecule has 0 spiro atoms. The molecule has 1 aromatic carbocycles. The third-order valence-corrected chi connectivity index (χ3v) is 5.27. The number of fused-ring (bicyclic) bond motifs is 2. The van der Waals surface area contributed by atoms with E-state index in [0.29, 0.717) is 17.2 Å². The second-order valence-electron chi connectivity index (χ2n) is 7.25. The highest BCUT2D eigenvalue weighted by molar-refractivity contribution is 5.80. The molecule has 2 aromatic rings. The number of rotatable bonds is 7. The number of nitrogens with one attached hydrogen (secondary N) is 1. The minimum atomic E-state index is -1.03. The number of carboxylic acids is 1. The topological polar surface area (TPSA) is 156 Å². The van der Waals surface area contributed by atoms with Gasteiger partial charge in [-0.25, -0.2) is 0 Å². The zero-order valence-electron chi connectivity index (χ0n) is 16.2. The Morgan fingerprint density at radius 2 is 2.00 bits per heavy atom. The number of aliphatic carboxylic acids is 1. The number of carbonyl (C=O) groups excluding carboxylic acids is 1. The molecule has 4 heterocycles. The number of carbonyl (C=O) groups is 2. The fourth-order valence-electron chi connectivity index (χ4n) is 3.82.